The zero-order chi connectivity index (χ0) is 44.0. The molecule has 5 nitrogen and oxygen atoms in total. The number of fused-ring (bicyclic) bond motifs is 6. The highest BCUT2D eigenvalue weighted by atomic mass is 15.0. The maximum atomic E-state index is 4.95. The van der Waals surface area contributed by atoms with Gasteiger partial charge in [0.15, 0.2) is 11.7 Å². The SMILES string of the molecule is C=C/C=C\C=C(/C)C(=NC/C(C)=C/C=C\C)N=C(N=C)c1ccc(-n2c3ccccc3c3cc(-c4ccc5c(c4)c4ccccc4n5-c4cccc(-c5ccccc5)c4)ccc32)cc1. The molecule has 2 aromatic heterocycles. The summed E-state index contributed by atoms with van der Waals surface area (Å²) < 4.78 is 4.73. The molecule has 0 bridgehead atoms. The van der Waals surface area contributed by atoms with Gasteiger partial charge in [-0.15, -0.1) is 0 Å². The minimum absolute atomic E-state index is 0.508. The van der Waals surface area contributed by atoms with E-state index < -0.39 is 0 Å². The second-order valence-electron chi connectivity index (χ2n) is 15.9. The standard InChI is InChI=1S/C59H49N5/c1-6-8-11-20-42(4)58(61-40-41(3)19-9-7-2)62-59(60-5)44-29-33-48(34-30-44)63-54-27-16-14-25-50(54)52-38-46(31-35-56(52)63)47-32-36-57-53(39-47)51-26-15-17-28-55(51)64(57)49-24-18-23-45(37-49)43-21-12-10-13-22-43/h6-39H,1,5,40H2,2-4H3/b9-7-,11-8-,41-19+,42-20+,61-58?,62-59?. The van der Waals surface area contributed by atoms with Gasteiger partial charge in [-0.2, -0.15) is 0 Å². The number of hydrogen-bond donors (Lipinski definition) is 0. The monoisotopic (exact) mass is 827 g/mol. The maximum absolute atomic E-state index is 4.95. The van der Waals surface area contributed by atoms with Crippen molar-refractivity contribution in [2.75, 3.05) is 6.54 Å². The Labute approximate surface area is 375 Å². The summed E-state index contributed by atoms with van der Waals surface area (Å²) in [7, 11) is 0. The third kappa shape index (κ3) is 8.15. The number of benzene rings is 7. The minimum atomic E-state index is 0.508. The molecule has 0 aliphatic heterocycles. The lowest BCUT2D eigenvalue weighted by molar-refractivity contribution is 1.12. The first-order valence-corrected chi connectivity index (χ1v) is 21.6. The topological polar surface area (TPSA) is 46.9 Å². The summed E-state index contributed by atoms with van der Waals surface area (Å²) in [6.07, 6.45) is 13.6. The van der Waals surface area contributed by atoms with Gasteiger partial charge in [0.1, 0.15) is 0 Å². The number of aliphatic imine (C=N–C) groups is 3. The van der Waals surface area contributed by atoms with Crippen LogP contribution in [0.2, 0.25) is 0 Å². The Morgan fingerprint density at radius 1 is 0.531 bits per heavy atom. The maximum Gasteiger partial charge on any atom is 0.160 e. The molecule has 310 valence electrons. The van der Waals surface area contributed by atoms with Crippen molar-refractivity contribution < 1.29 is 0 Å². The van der Waals surface area contributed by atoms with Crippen LogP contribution in [0.5, 0.6) is 0 Å². The van der Waals surface area contributed by atoms with Gasteiger partial charge in [0.05, 0.1) is 28.6 Å². The third-order valence-corrected chi connectivity index (χ3v) is 11.6. The number of allylic oxidation sites excluding steroid dienone is 7. The highest BCUT2D eigenvalue weighted by molar-refractivity contribution is 6.14. The van der Waals surface area contributed by atoms with Crippen LogP contribution in [0, 0.1) is 0 Å². The van der Waals surface area contributed by atoms with Crippen LogP contribution in [0.1, 0.15) is 26.3 Å². The van der Waals surface area contributed by atoms with Crippen LogP contribution in [0.15, 0.2) is 239 Å². The van der Waals surface area contributed by atoms with E-state index in [1.54, 1.807) is 6.08 Å². The van der Waals surface area contributed by atoms with Crippen molar-refractivity contribution in [3.63, 3.8) is 0 Å². The lowest BCUT2D eigenvalue weighted by Crippen LogP contribution is -2.06. The summed E-state index contributed by atoms with van der Waals surface area (Å²) in [4.78, 5) is 14.2. The number of amidine groups is 2. The molecule has 0 amide bonds. The van der Waals surface area contributed by atoms with E-state index in [2.05, 4.69) is 204 Å². The van der Waals surface area contributed by atoms with Crippen molar-refractivity contribution in [3.8, 4) is 33.6 Å². The van der Waals surface area contributed by atoms with Crippen LogP contribution in [0.3, 0.4) is 0 Å². The van der Waals surface area contributed by atoms with Crippen LogP contribution < -0.4 is 0 Å². The molecule has 0 spiro atoms. The Bertz CT molecular complexity index is 3400. The Kier molecular flexibility index (Phi) is 11.9. The van der Waals surface area contributed by atoms with Gasteiger partial charge in [-0.25, -0.2) is 9.98 Å². The van der Waals surface area contributed by atoms with Crippen LogP contribution >= 0.6 is 0 Å². The fourth-order valence-electron chi connectivity index (χ4n) is 8.48. The van der Waals surface area contributed by atoms with Crippen LogP contribution in [-0.2, 0) is 0 Å². The van der Waals surface area contributed by atoms with Gasteiger partial charge in [0.2, 0.25) is 0 Å². The second kappa shape index (κ2) is 18.4. The lowest BCUT2D eigenvalue weighted by atomic mass is 10.0. The smallest absolute Gasteiger partial charge is 0.160 e. The number of nitrogens with zero attached hydrogens (tertiary/aromatic N) is 5. The number of aromatic nitrogens is 2. The van der Waals surface area contributed by atoms with E-state index in [0.717, 1.165) is 39.1 Å². The van der Waals surface area contributed by atoms with Crippen LogP contribution in [0.4, 0.5) is 0 Å². The first-order chi connectivity index (χ1) is 31.4. The summed E-state index contributed by atoms with van der Waals surface area (Å²) in [6.45, 7) is 14.3. The summed E-state index contributed by atoms with van der Waals surface area (Å²) in [6, 6.07) is 58.9. The second-order valence-corrected chi connectivity index (χ2v) is 15.9. The van der Waals surface area contributed by atoms with Crippen molar-refractivity contribution in [3.05, 3.63) is 230 Å². The molecular formula is C59H49N5. The fraction of sp³-hybridized carbons (Fsp3) is 0.0678. The largest absolute Gasteiger partial charge is 0.309 e. The molecule has 0 aliphatic rings. The van der Waals surface area contributed by atoms with Crippen molar-refractivity contribution in [1.82, 2.24) is 9.13 Å². The molecule has 0 N–H and O–H groups in total. The van der Waals surface area contributed by atoms with Crippen molar-refractivity contribution in [1.29, 1.82) is 0 Å². The average molecular weight is 828 g/mol. The van der Waals surface area contributed by atoms with Gasteiger partial charge in [0.25, 0.3) is 0 Å². The van der Waals surface area contributed by atoms with Crippen LogP contribution in [0.25, 0.3) is 77.2 Å². The molecule has 9 aromatic rings. The van der Waals surface area contributed by atoms with Crippen LogP contribution in [-0.4, -0.2) is 34.1 Å². The molecule has 0 fully saturated rings. The Morgan fingerprint density at radius 3 is 1.73 bits per heavy atom. The third-order valence-electron chi connectivity index (χ3n) is 11.6. The van der Waals surface area contributed by atoms with E-state index >= 15 is 0 Å². The molecule has 7 aromatic carbocycles. The highest BCUT2D eigenvalue weighted by Crippen LogP contribution is 2.38. The first kappa shape index (κ1) is 41.2. The van der Waals surface area contributed by atoms with Gasteiger partial charge in [-0.05, 0) is 128 Å². The van der Waals surface area contributed by atoms with Crippen molar-refractivity contribution in [2.24, 2.45) is 15.0 Å². The average Bonchev–Trinajstić information content (AvgIpc) is 3.86. The summed E-state index contributed by atoms with van der Waals surface area (Å²) in [5, 5.41) is 4.85. The Balaban J connectivity index is 1.08. The molecule has 0 aliphatic carbocycles. The van der Waals surface area contributed by atoms with E-state index in [9.17, 15) is 0 Å². The molecule has 5 heteroatoms. The predicted molar refractivity (Wildman–Crippen MR) is 276 cm³/mol. The molecular weight excluding hydrogens is 779 g/mol. The number of hydrogen-bond acceptors (Lipinski definition) is 1. The molecule has 0 radical (unpaired) electrons. The lowest BCUT2D eigenvalue weighted by Gasteiger charge is -2.11. The fourth-order valence-corrected chi connectivity index (χ4v) is 8.48. The molecule has 0 saturated heterocycles. The predicted octanol–water partition coefficient (Wildman–Crippen LogP) is 15.3. The van der Waals surface area contributed by atoms with Gasteiger partial charge in [-0.3, -0.25) is 4.99 Å². The van der Waals surface area contributed by atoms with E-state index in [0.29, 0.717) is 18.2 Å². The zero-order valence-electron chi connectivity index (χ0n) is 36.5. The zero-order valence-corrected chi connectivity index (χ0v) is 36.5. The van der Waals surface area contributed by atoms with E-state index in [4.69, 9.17) is 9.98 Å². The van der Waals surface area contributed by atoms with E-state index in [1.165, 1.54) is 54.8 Å². The van der Waals surface area contributed by atoms with Gasteiger partial charge in [0, 0.05) is 38.5 Å². The normalized spacial score (nSPS) is 13.0. The highest BCUT2D eigenvalue weighted by Gasteiger charge is 2.17. The molecule has 0 atom stereocenters. The van der Waals surface area contributed by atoms with Crippen molar-refractivity contribution in [2.45, 2.75) is 20.8 Å². The molecule has 2 heterocycles. The van der Waals surface area contributed by atoms with Crippen molar-refractivity contribution >= 4 is 62.0 Å². The Hall–Kier alpha value is -8.15. The van der Waals surface area contributed by atoms with Gasteiger partial charge < -0.3 is 9.13 Å². The van der Waals surface area contributed by atoms with E-state index in [-0.39, 0.29) is 0 Å². The van der Waals surface area contributed by atoms with E-state index in [1.807, 2.05) is 44.2 Å². The summed E-state index contributed by atoms with van der Waals surface area (Å²) in [5.41, 5.74) is 14.5. The first-order valence-electron chi connectivity index (χ1n) is 21.6. The van der Waals surface area contributed by atoms with Gasteiger partial charge >= 0.3 is 0 Å². The number of rotatable bonds is 11. The minimum Gasteiger partial charge on any atom is -0.309 e. The quantitative estimate of drug-likeness (QED) is 0.0708. The van der Waals surface area contributed by atoms with Gasteiger partial charge in [-0.1, -0.05) is 146 Å². The Morgan fingerprint density at radius 2 is 1.11 bits per heavy atom. The molecule has 0 unspecified atom stereocenters. The summed E-state index contributed by atoms with van der Waals surface area (Å²) >= 11 is 0. The number of para-hydroxylation sites is 2. The summed E-state index contributed by atoms with van der Waals surface area (Å²) in [5.74, 6) is 1.11. The molecule has 9 rings (SSSR count). The molecule has 0 saturated carbocycles. The molecule has 64 heavy (non-hydrogen) atoms.